The Morgan fingerprint density at radius 1 is 1.33 bits per heavy atom. The van der Waals surface area contributed by atoms with Gasteiger partial charge in [0.1, 0.15) is 6.10 Å². The third-order valence-electron chi connectivity index (χ3n) is 2.55. The van der Waals surface area contributed by atoms with Crippen LogP contribution in [0.5, 0.6) is 0 Å². The van der Waals surface area contributed by atoms with Gasteiger partial charge < -0.3 is 15.5 Å². The first kappa shape index (κ1) is 20.6. The number of aliphatic hydroxyl groups is 2. The maximum Gasteiger partial charge on any atom is 1.00 e. The van der Waals surface area contributed by atoms with E-state index < -0.39 is 34.4 Å². The molecule has 0 aliphatic carbocycles. The van der Waals surface area contributed by atoms with Crippen LogP contribution in [0.3, 0.4) is 0 Å². The normalized spacial score (nSPS) is 13.2. The van der Waals surface area contributed by atoms with Crippen LogP contribution >= 0.6 is 23.2 Å². The van der Waals surface area contributed by atoms with E-state index in [1.165, 1.54) is 24.3 Å². The second-order valence-corrected chi connectivity index (χ2v) is 4.99. The molecule has 1 aromatic rings. The molecule has 21 heavy (non-hydrogen) atoms. The topological polar surface area (TPSA) is 113 Å². The van der Waals surface area contributed by atoms with Crippen molar-refractivity contribution in [2.45, 2.75) is 17.0 Å². The van der Waals surface area contributed by atoms with Crippen molar-refractivity contribution in [3.63, 3.8) is 0 Å². The fourth-order valence-corrected chi connectivity index (χ4v) is 1.62. The van der Waals surface area contributed by atoms with Gasteiger partial charge in [-0.15, -0.1) is 0 Å². The second-order valence-electron chi connectivity index (χ2n) is 3.89. The maximum atomic E-state index is 11.3. The quantitative estimate of drug-likeness (QED) is 0.237. The molecule has 1 amide bonds. The zero-order chi connectivity index (χ0) is 15.3. The van der Waals surface area contributed by atoms with E-state index in [9.17, 15) is 20.0 Å². The molecule has 1 aromatic carbocycles. The van der Waals surface area contributed by atoms with Crippen LogP contribution in [-0.4, -0.2) is 38.5 Å². The molecule has 0 aliphatic heterocycles. The summed E-state index contributed by atoms with van der Waals surface area (Å²) < 4.78 is 0. The minimum Gasteiger partial charge on any atom is -0.394 e. The van der Waals surface area contributed by atoms with Crippen molar-refractivity contribution in [1.29, 1.82) is 0 Å². The maximum absolute atomic E-state index is 11.3. The molecule has 7 nitrogen and oxygen atoms in total. The van der Waals surface area contributed by atoms with Gasteiger partial charge in [-0.1, -0.05) is 23.2 Å². The summed E-state index contributed by atoms with van der Waals surface area (Å²) in [6.45, 7) is -0.551. The molecule has 2 atom stereocenters. The van der Waals surface area contributed by atoms with E-state index in [2.05, 4.69) is 5.32 Å². The number of benzene rings is 1. The van der Waals surface area contributed by atoms with E-state index in [1.54, 1.807) is 0 Å². The van der Waals surface area contributed by atoms with E-state index in [4.69, 9.17) is 28.3 Å². The van der Waals surface area contributed by atoms with Crippen LogP contribution in [0.1, 0.15) is 11.7 Å². The molecule has 0 fully saturated rings. The van der Waals surface area contributed by atoms with E-state index in [1.807, 2.05) is 0 Å². The molecule has 0 spiro atoms. The van der Waals surface area contributed by atoms with Crippen molar-refractivity contribution in [2.75, 3.05) is 6.61 Å². The molecule has 1 rings (SSSR count). The van der Waals surface area contributed by atoms with Gasteiger partial charge in [-0.2, -0.15) is 0 Å². The Balaban J connectivity index is 0.00000400. The molecular formula is C11H12Cl2N2NaO5+. The number of hydrogen-bond donors (Lipinski definition) is 3. The summed E-state index contributed by atoms with van der Waals surface area (Å²) in [6, 6.07) is 4.05. The first-order valence-corrected chi connectivity index (χ1v) is 6.36. The first-order chi connectivity index (χ1) is 9.36. The molecule has 0 saturated carbocycles. The van der Waals surface area contributed by atoms with Crippen molar-refractivity contribution in [3.05, 3.63) is 39.9 Å². The van der Waals surface area contributed by atoms with Crippen LogP contribution in [0.25, 0.3) is 0 Å². The Morgan fingerprint density at radius 3 is 2.24 bits per heavy atom. The molecule has 0 saturated heterocycles. The van der Waals surface area contributed by atoms with Crippen molar-refractivity contribution in [1.82, 2.24) is 5.32 Å². The Kier molecular flexibility index (Phi) is 9.39. The number of aliphatic hydroxyl groups excluding tert-OH is 2. The SMILES string of the molecule is O=C(N[C@H](CO)[C@H](O)c1ccc([N+](=O)[O-])cc1)C(Cl)Cl.[Na+]. The van der Waals surface area contributed by atoms with Crippen molar-refractivity contribution in [3.8, 4) is 0 Å². The van der Waals surface area contributed by atoms with Crippen LogP contribution in [0.4, 0.5) is 5.69 Å². The summed E-state index contributed by atoms with van der Waals surface area (Å²) in [5.41, 5.74) is 0.169. The van der Waals surface area contributed by atoms with Gasteiger partial charge in [0.15, 0.2) is 4.84 Å². The van der Waals surface area contributed by atoms with E-state index in [0.29, 0.717) is 5.56 Å². The molecule has 0 radical (unpaired) electrons. The Hall–Kier alpha value is -0.410. The number of carbonyl (C=O) groups is 1. The molecule has 0 unspecified atom stereocenters. The van der Waals surface area contributed by atoms with E-state index >= 15 is 0 Å². The average molecular weight is 346 g/mol. The number of non-ortho nitro benzene ring substituents is 1. The van der Waals surface area contributed by atoms with Gasteiger partial charge >= 0.3 is 29.6 Å². The third kappa shape index (κ3) is 6.07. The van der Waals surface area contributed by atoms with Crippen LogP contribution in [0.2, 0.25) is 0 Å². The van der Waals surface area contributed by atoms with E-state index in [0.717, 1.165) is 0 Å². The largest absolute Gasteiger partial charge is 1.00 e. The number of nitro groups is 1. The Labute approximate surface area is 152 Å². The minimum atomic E-state index is -1.33. The summed E-state index contributed by atoms with van der Waals surface area (Å²) in [5, 5.41) is 31.9. The summed E-state index contributed by atoms with van der Waals surface area (Å²) in [5.74, 6) is -0.756. The number of nitrogens with one attached hydrogen (secondary N) is 1. The van der Waals surface area contributed by atoms with Gasteiger partial charge in [-0.05, 0) is 17.7 Å². The van der Waals surface area contributed by atoms with Crippen molar-refractivity contribution in [2.24, 2.45) is 0 Å². The summed E-state index contributed by atoms with van der Waals surface area (Å²) in [7, 11) is 0. The van der Waals surface area contributed by atoms with E-state index in [-0.39, 0.29) is 35.2 Å². The average Bonchev–Trinajstić information content (AvgIpc) is 2.43. The smallest absolute Gasteiger partial charge is 0.394 e. The van der Waals surface area contributed by atoms with Crippen LogP contribution in [0.15, 0.2) is 24.3 Å². The first-order valence-electron chi connectivity index (χ1n) is 5.48. The predicted molar refractivity (Wildman–Crippen MR) is 72.6 cm³/mol. The summed E-state index contributed by atoms with van der Waals surface area (Å²) in [4.78, 5) is 19.9. The third-order valence-corrected chi connectivity index (χ3v) is 2.95. The number of rotatable bonds is 6. The number of amides is 1. The number of hydrogen-bond acceptors (Lipinski definition) is 5. The minimum absolute atomic E-state index is 0. The molecule has 3 N–H and O–H groups in total. The zero-order valence-electron chi connectivity index (χ0n) is 11.1. The zero-order valence-corrected chi connectivity index (χ0v) is 14.6. The fraction of sp³-hybridized carbons (Fsp3) is 0.364. The monoisotopic (exact) mass is 345 g/mol. The predicted octanol–water partition coefficient (Wildman–Crippen LogP) is -2.09. The van der Waals surface area contributed by atoms with Crippen molar-refractivity contribution >= 4 is 34.8 Å². The number of alkyl halides is 2. The van der Waals surface area contributed by atoms with Gasteiger partial charge in [0.05, 0.1) is 17.6 Å². The standard InChI is InChI=1S/C11H12Cl2N2O5.Na/c12-10(13)11(18)14-8(5-16)9(17)6-1-3-7(4-2-6)15(19)20;/h1-4,8-10,16-17H,5H2,(H,14,18);/q;+1/t8-,9-;/m1./s1. The molecule has 0 bridgehead atoms. The summed E-state index contributed by atoms with van der Waals surface area (Å²) >= 11 is 10.7. The number of nitrogens with zero attached hydrogens (tertiary/aromatic N) is 1. The number of nitro benzene ring substituents is 1. The molecule has 0 aromatic heterocycles. The van der Waals surface area contributed by atoms with Crippen molar-refractivity contribution < 1.29 is 49.5 Å². The summed E-state index contributed by atoms with van der Waals surface area (Å²) in [6.07, 6.45) is -1.25. The molecular weight excluding hydrogens is 334 g/mol. The molecule has 10 heteroatoms. The van der Waals surface area contributed by atoms with Crippen LogP contribution in [0, 0.1) is 10.1 Å². The second kappa shape index (κ2) is 9.58. The van der Waals surface area contributed by atoms with Crippen LogP contribution in [-0.2, 0) is 4.79 Å². The number of halogens is 2. The number of carbonyl (C=O) groups excluding carboxylic acids is 1. The van der Waals surface area contributed by atoms with Gasteiger partial charge in [0.25, 0.3) is 11.6 Å². The fourth-order valence-electron chi connectivity index (χ4n) is 1.50. The van der Waals surface area contributed by atoms with Gasteiger partial charge in [-0.25, -0.2) is 0 Å². The Bertz CT molecular complexity index is 486. The Morgan fingerprint density at radius 2 is 1.86 bits per heavy atom. The van der Waals surface area contributed by atoms with Gasteiger partial charge in [0.2, 0.25) is 0 Å². The molecule has 0 aliphatic rings. The molecule has 110 valence electrons. The molecule has 0 heterocycles. The van der Waals surface area contributed by atoms with Gasteiger partial charge in [0, 0.05) is 12.1 Å². The van der Waals surface area contributed by atoms with Crippen LogP contribution < -0.4 is 34.9 Å². The van der Waals surface area contributed by atoms with Gasteiger partial charge in [-0.3, -0.25) is 14.9 Å².